The zero-order chi connectivity index (χ0) is 22.2. The van der Waals surface area contributed by atoms with Crippen molar-refractivity contribution in [2.24, 2.45) is 0 Å². The summed E-state index contributed by atoms with van der Waals surface area (Å²) in [6.07, 6.45) is -0.805. The van der Waals surface area contributed by atoms with E-state index in [9.17, 15) is 14.4 Å². The Morgan fingerprint density at radius 2 is 1.48 bits per heavy atom. The van der Waals surface area contributed by atoms with Crippen LogP contribution in [0, 0.1) is 0 Å². The average Bonchev–Trinajstić information content (AvgIpc) is 2.75. The van der Waals surface area contributed by atoms with Gasteiger partial charge in [-0.2, -0.15) is 0 Å². The van der Waals surface area contributed by atoms with E-state index < -0.39 is 6.16 Å². The minimum atomic E-state index is -0.805. The number of rotatable bonds is 6. The average molecular weight is 483 g/mol. The van der Waals surface area contributed by atoms with Crippen LogP contribution in [0.4, 0.5) is 16.2 Å². The van der Waals surface area contributed by atoms with Crippen molar-refractivity contribution in [1.82, 2.24) is 0 Å². The van der Waals surface area contributed by atoms with Gasteiger partial charge >= 0.3 is 6.16 Å². The number of nitrogens with one attached hydrogen (secondary N) is 2. The monoisotopic (exact) mass is 482 g/mol. The maximum atomic E-state index is 12.5. The summed E-state index contributed by atoms with van der Waals surface area (Å²) in [5.74, 6) is -0.350. The van der Waals surface area contributed by atoms with Gasteiger partial charge in [0.15, 0.2) is 0 Å². The van der Waals surface area contributed by atoms with E-state index in [1.807, 2.05) is 6.07 Å². The lowest BCUT2D eigenvalue weighted by Crippen LogP contribution is -2.14. The molecule has 3 aromatic rings. The van der Waals surface area contributed by atoms with E-state index in [1.165, 1.54) is 24.3 Å². The standard InChI is InChI=1S/C23H19BrN2O5/c1-2-30-23(29)31-18-12-10-15(11-13-18)21(27)25-16-6-5-7-17(14-16)26-22(28)19-8-3-4-9-20(19)24/h3-14H,2H2,1H3,(H,25,27)(H,26,28). The molecule has 0 spiro atoms. The number of halogens is 1. The zero-order valence-corrected chi connectivity index (χ0v) is 18.1. The van der Waals surface area contributed by atoms with Gasteiger partial charge in [-0.05, 0) is 77.5 Å². The molecule has 0 bridgehead atoms. The van der Waals surface area contributed by atoms with Crippen molar-refractivity contribution in [2.75, 3.05) is 17.2 Å². The third-order valence-electron chi connectivity index (χ3n) is 4.08. The van der Waals surface area contributed by atoms with Crippen molar-refractivity contribution in [3.05, 3.63) is 88.4 Å². The molecular formula is C23H19BrN2O5. The molecule has 3 rings (SSSR count). The molecule has 31 heavy (non-hydrogen) atoms. The Kier molecular flexibility index (Phi) is 7.40. The van der Waals surface area contributed by atoms with Crippen LogP contribution in [0.25, 0.3) is 0 Å². The van der Waals surface area contributed by atoms with Crippen LogP contribution in [0.3, 0.4) is 0 Å². The van der Waals surface area contributed by atoms with Crippen LogP contribution in [0.1, 0.15) is 27.6 Å². The van der Waals surface area contributed by atoms with Crippen molar-refractivity contribution < 1.29 is 23.9 Å². The van der Waals surface area contributed by atoms with Crippen molar-refractivity contribution in [3.63, 3.8) is 0 Å². The molecule has 0 saturated heterocycles. The molecule has 0 fully saturated rings. The Bertz CT molecular complexity index is 1100. The molecule has 7 nitrogen and oxygen atoms in total. The van der Waals surface area contributed by atoms with Gasteiger partial charge in [0.2, 0.25) is 0 Å². The first-order valence-electron chi connectivity index (χ1n) is 9.38. The molecular weight excluding hydrogens is 464 g/mol. The third kappa shape index (κ3) is 6.16. The first kappa shape index (κ1) is 22.0. The Balaban J connectivity index is 1.64. The predicted octanol–water partition coefficient (Wildman–Crippen LogP) is 5.49. The summed E-state index contributed by atoms with van der Waals surface area (Å²) in [6.45, 7) is 1.89. The molecule has 3 aromatic carbocycles. The molecule has 0 unspecified atom stereocenters. The number of hydrogen-bond donors (Lipinski definition) is 2. The minimum Gasteiger partial charge on any atom is -0.434 e. The topological polar surface area (TPSA) is 93.7 Å². The van der Waals surface area contributed by atoms with Gasteiger partial charge in [0.25, 0.3) is 11.8 Å². The van der Waals surface area contributed by atoms with Gasteiger partial charge in [-0.25, -0.2) is 4.79 Å². The molecule has 0 aliphatic carbocycles. The van der Waals surface area contributed by atoms with E-state index >= 15 is 0 Å². The summed E-state index contributed by atoms with van der Waals surface area (Å²) in [5.41, 5.74) is 1.93. The van der Waals surface area contributed by atoms with Crippen LogP contribution in [0.15, 0.2) is 77.3 Å². The summed E-state index contributed by atoms with van der Waals surface area (Å²) in [6, 6.07) is 20.0. The summed E-state index contributed by atoms with van der Waals surface area (Å²) in [7, 11) is 0. The molecule has 0 saturated carbocycles. The molecule has 0 aliphatic heterocycles. The fourth-order valence-electron chi connectivity index (χ4n) is 2.64. The van der Waals surface area contributed by atoms with Gasteiger partial charge in [-0.1, -0.05) is 18.2 Å². The SMILES string of the molecule is CCOC(=O)Oc1ccc(C(=O)Nc2cccc(NC(=O)c3ccccc3Br)c2)cc1. The second kappa shape index (κ2) is 10.4. The Morgan fingerprint density at radius 1 is 0.839 bits per heavy atom. The molecule has 0 atom stereocenters. The van der Waals surface area contributed by atoms with Crippen LogP contribution in [0.5, 0.6) is 5.75 Å². The van der Waals surface area contributed by atoms with E-state index in [2.05, 4.69) is 26.6 Å². The van der Waals surface area contributed by atoms with Gasteiger partial charge in [-0.3, -0.25) is 9.59 Å². The second-order valence-electron chi connectivity index (χ2n) is 6.28. The van der Waals surface area contributed by atoms with Gasteiger partial charge < -0.3 is 20.1 Å². The quantitative estimate of drug-likeness (QED) is 0.357. The van der Waals surface area contributed by atoms with Crippen LogP contribution < -0.4 is 15.4 Å². The molecule has 0 aromatic heterocycles. The Labute approximate surface area is 187 Å². The van der Waals surface area contributed by atoms with Crippen LogP contribution >= 0.6 is 15.9 Å². The summed E-state index contributed by atoms with van der Waals surface area (Å²) in [4.78, 5) is 36.3. The lowest BCUT2D eigenvalue weighted by molar-refractivity contribution is 0.101. The van der Waals surface area contributed by atoms with E-state index in [0.29, 0.717) is 27.0 Å². The maximum Gasteiger partial charge on any atom is 0.513 e. The first-order chi connectivity index (χ1) is 15.0. The predicted molar refractivity (Wildman–Crippen MR) is 121 cm³/mol. The number of ether oxygens (including phenoxy) is 2. The molecule has 0 radical (unpaired) electrons. The zero-order valence-electron chi connectivity index (χ0n) is 16.6. The number of carbonyl (C=O) groups excluding carboxylic acids is 3. The molecule has 2 N–H and O–H groups in total. The largest absolute Gasteiger partial charge is 0.513 e. The fraction of sp³-hybridized carbons (Fsp3) is 0.0870. The van der Waals surface area contributed by atoms with Crippen LogP contribution in [0.2, 0.25) is 0 Å². The van der Waals surface area contributed by atoms with Crippen molar-refractivity contribution in [3.8, 4) is 5.75 Å². The smallest absolute Gasteiger partial charge is 0.434 e. The number of anilines is 2. The van der Waals surface area contributed by atoms with Gasteiger partial charge in [0.05, 0.1) is 12.2 Å². The van der Waals surface area contributed by atoms with Crippen molar-refractivity contribution >= 4 is 45.3 Å². The molecule has 8 heteroatoms. The fourth-order valence-corrected chi connectivity index (χ4v) is 3.10. The summed E-state index contributed by atoms with van der Waals surface area (Å²) in [5, 5.41) is 5.58. The molecule has 158 valence electrons. The van der Waals surface area contributed by atoms with Gasteiger partial charge in [0.1, 0.15) is 5.75 Å². The van der Waals surface area contributed by atoms with E-state index in [4.69, 9.17) is 9.47 Å². The summed E-state index contributed by atoms with van der Waals surface area (Å²) < 4.78 is 10.4. The third-order valence-corrected chi connectivity index (χ3v) is 4.77. The number of hydrogen-bond acceptors (Lipinski definition) is 5. The molecule has 0 heterocycles. The van der Waals surface area contributed by atoms with Gasteiger partial charge in [-0.15, -0.1) is 0 Å². The Hall–Kier alpha value is -3.65. The van der Waals surface area contributed by atoms with E-state index in [0.717, 1.165) is 0 Å². The van der Waals surface area contributed by atoms with Gasteiger partial charge in [0, 0.05) is 21.4 Å². The first-order valence-corrected chi connectivity index (χ1v) is 10.2. The van der Waals surface area contributed by atoms with E-state index in [1.54, 1.807) is 49.4 Å². The highest BCUT2D eigenvalue weighted by Crippen LogP contribution is 2.21. The normalized spacial score (nSPS) is 10.1. The highest BCUT2D eigenvalue weighted by atomic mass is 79.9. The van der Waals surface area contributed by atoms with E-state index in [-0.39, 0.29) is 24.2 Å². The number of benzene rings is 3. The minimum absolute atomic E-state index is 0.210. The number of amides is 2. The Morgan fingerprint density at radius 3 is 2.13 bits per heavy atom. The van der Waals surface area contributed by atoms with Crippen LogP contribution in [-0.4, -0.2) is 24.6 Å². The summed E-state index contributed by atoms with van der Waals surface area (Å²) >= 11 is 3.36. The van der Waals surface area contributed by atoms with Crippen molar-refractivity contribution in [1.29, 1.82) is 0 Å². The highest BCUT2D eigenvalue weighted by molar-refractivity contribution is 9.10. The van der Waals surface area contributed by atoms with Crippen molar-refractivity contribution in [2.45, 2.75) is 6.92 Å². The second-order valence-corrected chi connectivity index (χ2v) is 7.13. The molecule has 2 amide bonds. The molecule has 0 aliphatic rings. The lowest BCUT2D eigenvalue weighted by atomic mass is 10.2. The van der Waals surface area contributed by atoms with Crippen LogP contribution in [-0.2, 0) is 4.74 Å². The number of carbonyl (C=O) groups is 3. The lowest BCUT2D eigenvalue weighted by Gasteiger charge is -2.10. The maximum absolute atomic E-state index is 12.5. The highest BCUT2D eigenvalue weighted by Gasteiger charge is 2.11.